The van der Waals surface area contributed by atoms with Crippen molar-refractivity contribution < 1.29 is 9.53 Å². The molecular formula is C16H31N3O2. The molecule has 21 heavy (non-hydrogen) atoms. The Morgan fingerprint density at radius 2 is 1.81 bits per heavy atom. The first-order valence-corrected chi connectivity index (χ1v) is 8.47. The maximum absolute atomic E-state index is 12.5. The van der Waals surface area contributed by atoms with Crippen molar-refractivity contribution in [3.63, 3.8) is 0 Å². The predicted octanol–water partition coefficient (Wildman–Crippen LogP) is 1.04. The molecule has 0 radical (unpaired) electrons. The van der Waals surface area contributed by atoms with E-state index in [2.05, 4.69) is 21.6 Å². The van der Waals surface area contributed by atoms with Gasteiger partial charge in [0, 0.05) is 52.4 Å². The van der Waals surface area contributed by atoms with E-state index >= 15 is 0 Å². The molecule has 2 aliphatic rings. The van der Waals surface area contributed by atoms with Gasteiger partial charge in [0.25, 0.3) is 0 Å². The summed E-state index contributed by atoms with van der Waals surface area (Å²) in [6.45, 7) is 9.67. The van der Waals surface area contributed by atoms with Crippen LogP contribution in [0.2, 0.25) is 0 Å². The molecule has 0 unspecified atom stereocenters. The lowest BCUT2D eigenvalue weighted by atomic mass is 10.00. The van der Waals surface area contributed by atoms with Crippen molar-refractivity contribution in [3.8, 4) is 0 Å². The highest BCUT2D eigenvalue weighted by Gasteiger charge is 2.27. The Kier molecular flexibility index (Phi) is 6.93. The standard InChI is InChI=1S/C16H31N3O2/c1-3-15-6-4-5-7-19(15)16(20)14-18-10-8-17(9-11-18)12-13-21-2/h15H,3-14H2,1-2H3/t15-/m0/s1. The number of carbonyl (C=O) groups is 1. The molecule has 1 atom stereocenters. The summed E-state index contributed by atoms with van der Waals surface area (Å²) >= 11 is 0. The summed E-state index contributed by atoms with van der Waals surface area (Å²) in [5, 5.41) is 0. The zero-order valence-corrected chi connectivity index (χ0v) is 13.7. The van der Waals surface area contributed by atoms with E-state index in [1.807, 2.05) is 0 Å². The maximum atomic E-state index is 12.5. The number of nitrogens with zero attached hydrogens (tertiary/aromatic N) is 3. The van der Waals surface area contributed by atoms with E-state index in [1.54, 1.807) is 7.11 Å². The Bertz CT molecular complexity index is 317. The summed E-state index contributed by atoms with van der Waals surface area (Å²) in [5.41, 5.74) is 0. The molecule has 0 saturated carbocycles. The van der Waals surface area contributed by atoms with Crippen molar-refractivity contribution in [2.24, 2.45) is 0 Å². The third kappa shape index (κ3) is 4.94. The molecule has 1 amide bonds. The third-order valence-electron chi connectivity index (χ3n) is 4.85. The number of hydrogen-bond donors (Lipinski definition) is 0. The maximum Gasteiger partial charge on any atom is 0.236 e. The number of methoxy groups -OCH3 is 1. The van der Waals surface area contributed by atoms with Gasteiger partial charge in [0.2, 0.25) is 5.91 Å². The van der Waals surface area contributed by atoms with Crippen molar-refractivity contribution in [1.82, 2.24) is 14.7 Å². The highest BCUT2D eigenvalue weighted by atomic mass is 16.5. The summed E-state index contributed by atoms with van der Waals surface area (Å²) in [7, 11) is 1.75. The molecule has 0 aromatic rings. The van der Waals surface area contributed by atoms with E-state index in [4.69, 9.17) is 4.74 Å². The van der Waals surface area contributed by atoms with Gasteiger partial charge in [-0.2, -0.15) is 0 Å². The van der Waals surface area contributed by atoms with Crippen LogP contribution < -0.4 is 0 Å². The molecular weight excluding hydrogens is 266 g/mol. The smallest absolute Gasteiger partial charge is 0.236 e. The van der Waals surface area contributed by atoms with Crippen LogP contribution in [0.25, 0.3) is 0 Å². The summed E-state index contributed by atoms with van der Waals surface area (Å²) in [5.74, 6) is 0.340. The molecule has 2 rings (SSSR count). The fourth-order valence-corrected chi connectivity index (χ4v) is 3.43. The Hall–Kier alpha value is -0.650. The van der Waals surface area contributed by atoms with Crippen LogP contribution in [0.4, 0.5) is 0 Å². The third-order valence-corrected chi connectivity index (χ3v) is 4.85. The number of piperazine rings is 1. The predicted molar refractivity (Wildman–Crippen MR) is 84.4 cm³/mol. The number of hydrogen-bond acceptors (Lipinski definition) is 4. The molecule has 122 valence electrons. The molecule has 0 aromatic heterocycles. The fourth-order valence-electron chi connectivity index (χ4n) is 3.43. The van der Waals surface area contributed by atoms with Crippen molar-refractivity contribution in [2.45, 2.75) is 38.6 Å². The summed E-state index contributed by atoms with van der Waals surface area (Å²) < 4.78 is 5.12. The van der Waals surface area contributed by atoms with Crippen LogP contribution in [0.3, 0.4) is 0 Å². The zero-order valence-electron chi connectivity index (χ0n) is 13.7. The molecule has 2 fully saturated rings. The monoisotopic (exact) mass is 297 g/mol. The van der Waals surface area contributed by atoms with Gasteiger partial charge in [0.05, 0.1) is 13.2 Å². The molecule has 2 saturated heterocycles. The normalized spacial score (nSPS) is 25.2. The lowest BCUT2D eigenvalue weighted by Gasteiger charge is -2.38. The van der Waals surface area contributed by atoms with Gasteiger partial charge in [-0.1, -0.05) is 6.92 Å². The minimum absolute atomic E-state index is 0.340. The number of carbonyl (C=O) groups excluding carboxylic acids is 1. The number of ether oxygens (including phenoxy) is 1. The van der Waals surface area contributed by atoms with Gasteiger partial charge in [-0.25, -0.2) is 0 Å². The first kappa shape index (κ1) is 16.7. The second-order valence-electron chi connectivity index (χ2n) is 6.26. The van der Waals surface area contributed by atoms with E-state index in [0.717, 1.165) is 52.3 Å². The van der Waals surface area contributed by atoms with Gasteiger partial charge in [-0.15, -0.1) is 0 Å². The molecule has 5 heteroatoms. The first-order valence-electron chi connectivity index (χ1n) is 8.47. The van der Waals surface area contributed by atoms with Gasteiger partial charge in [-0.05, 0) is 25.7 Å². The molecule has 2 heterocycles. The van der Waals surface area contributed by atoms with Crippen LogP contribution in [0.5, 0.6) is 0 Å². The number of piperidine rings is 1. The van der Waals surface area contributed by atoms with Crippen molar-refractivity contribution >= 4 is 5.91 Å². The minimum atomic E-state index is 0.340. The number of likely N-dealkylation sites (tertiary alicyclic amines) is 1. The summed E-state index contributed by atoms with van der Waals surface area (Å²) in [6.07, 6.45) is 4.73. The van der Waals surface area contributed by atoms with E-state index in [1.165, 1.54) is 19.3 Å². The molecule has 5 nitrogen and oxygen atoms in total. The van der Waals surface area contributed by atoms with Crippen molar-refractivity contribution in [3.05, 3.63) is 0 Å². The van der Waals surface area contributed by atoms with E-state index in [-0.39, 0.29) is 0 Å². The second-order valence-corrected chi connectivity index (χ2v) is 6.26. The van der Waals surface area contributed by atoms with Crippen molar-refractivity contribution in [1.29, 1.82) is 0 Å². The van der Waals surface area contributed by atoms with Crippen LogP contribution in [-0.4, -0.2) is 86.2 Å². The molecule has 0 bridgehead atoms. The second kappa shape index (κ2) is 8.71. The Morgan fingerprint density at radius 3 is 2.48 bits per heavy atom. The van der Waals surface area contributed by atoms with Gasteiger partial charge < -0.3 is 9.64 Å². The van der Waals surface area contributed by atoms with E-state index < -0.39 is 0 Å². The lowest BCUT2D eigenvalue weighted by molar-refractivity contribution is -0.136. The van der Waals surface area contributed by atoms with Crippen LogP contribution in [0.1, 0.15) is 32.6 Å². The average molecular weight is 297 g/mol. The zero-order chi connectivity index (χ0) is 15.1. The number of rotatable bonds is 6. The fraction of sp³-hybridized carbons (Fsp3) is 0.938. The van der Waals surface area contributed by atoms with E-state index in [9.17, 15) is 4.79 Å². The largest absolute Gasteiger partial charge is 0.383 e. The molecule has 2 aliphatic heterocycles. The highest BCUT2D eigenvalue weighted by Crippen LogP contribution is 2.19. The summed E-state index contributed by atoms with van der Waals surface area (Å²) in [6, 6.07) is 0.481. The topological polar surface area (TPSA) is 36.0 Å². The van der Waals surface area contributed by atoms with Crippen LogP contribution in [-0.2, 0) is 9.53 Å². The highest BCUT2D eigenvalue weighted by molar-refractivity contribution is 5.78. The molecule has 0 spiro atoms. The van der Waals surface area contributed by atoms with Gasteiger partial charge >= 0.3 is 0 Å². The van der Waals surface area contributed by atoms with Gasteiger partial charge in [0.1, 0.15) is 0 Å². The Morgan fingerprint density at radius 1 is 1.10 bits per heavy atom. The SMILES string of the molecule is CC[C@H]1CCCCN1C(=O)CN1CCN(CCOC)CC1. The lowest BCUT2D eigenvalue weighted by Crippen LogP contribution is -2.52. The first-order chi connectivity index (χ1) is 10.2. The Balaban J connectivity index is 1.73. The molecule has 0 aromatic carbocycles. The summed E-state index contributed by atoms with van der Waals surface area (Å²) in [4.78, 5) is 19.4. The van der Waals surface area contributed by atoms with E-state index in [0.29, 0.717) is 18.5 Å². The van der Waals surface area contributed by atoms with Gasteiger partial charge in [0.15, 0.2) is 0 Å². The van der Waals surface area contributed by atoms with Crippen LogP contribution >= 0.6 is 0 Å². The van der Waals surface area contributed by atoms with Crippen LogP contribution in [0.15, 0.2) is 0 Å². The quantitative estimate of drug-likeness (QED) is 0.734. The van der Waals surface area contributed by atoms with Crippen molar-refractivity contribution in [2.75, 3.05) is 59.5 Å². The average Bonchev–Trinajstić information content (AvgIpc) is 2.54. The number of amides is 1. The Labute approximate surface area is 129 Å². The van der Waals surface area contributed by atoms with Gasteiger partial charge in [-0.3, -0.25) is 14.6 Å². The molecule has 0 N–H and O–H groups in total. The minimum Gasteiger partial charge on any atom is -0.383 e. The molecule has 0 aliphatic carbocycles. The van der Waals surface area contributed by atoms with Crippen LogP contribution in [0, 0.1) is 0 Å².